The summed E-state index contributed by atoms with van der Waals surface area (Å²) < 4.78 is 42.9. The Balaban J connectivity index is 1.43. The molecule has 11 heteroatoms. The number of aromatic amines is 1. The van der Waals surface area contributed by atoms with E-state index in [-0.39, 0.29) is 36.5 Å². The summed E-state index contributed by atoms with van der Waals surface area (Å²) >= 11 is 0. The second kappa shape index (κ2) is 10.2. The standard InChI is InChI=1S/C31H30F3N5O3/c1-16(2)27-29(41)39-15-31(13-18(39)14-35)20-10-17(7-8-23(20)37-30(31)42)6-4-3-5-9-38(27)28(40)24-11-19-21(32)12-22(33)25(34)26(19)36-24/h7-8,10-12,16,18,27,36H,3-6,9,13,15H2,1-2H3,(H,37,42)/t18-,27-,31-/m0/s1. The molecule has 0 radical (unpaired) electrons. The summed E-state index contributed by atoms with van der Waals surface area (Å²) in [5, 5.41) is 12.8. The summed E-state index contributed by atoms with van der Waals surface area (Å²) in [6.07, 6.45) is 2.95. The van der Waals surface area contributed by atoms with Crippen molar-refractivity contribution in [1.82, 2.24) is 14.8 Å². The van der Waals surface area contributed by atoms with Crippen molar-refractivity contribution in [2.45, 2.75) is 63.5 Å². The molecule has 1 aromatic heterocycles. The van der Waals surface area contributed by atoms with Crippen LogP contribution in [0.3, 0.4) is 0 Å². The Bertz CT molecular complexity index is 1680. The van der Waals surface area contributed by atoms with Gasteiger partial charge in [0.1, 0.15) is 23.6 Å². The first-order chi connectivity index (χ1) is 20.1. The Labute approximate surface area is 240 Å². The molecule has 1 fully saturated rings. The van der Waals surface area contributed by atoms with Crippen LogP contribution in [0.5, 0.6) is 0 Å². The Morgan fingerprint density at radius 2 is 1.88 bits per heavy atom. The average Bonchev–Trinajstić information content (AvgIpc) is 3.65. The third-order valence-electron chi connectivity index (χ3n) is 8.91. The summed E-state index contributed by atoms with van der Waals surface area (Å²) in [5.74, 6) is -5.52. The van der Waals surface area contributed by atoms with Crippen molar-refractivity contribution in [3.8, 4) is 6.07 Å². The topological polar surface area (TPSA) is 109 Å². The summed E-state index contributed by atoms with van der Waals surface area (Å²) in [6.45, 7) is 3.72. The highest BCUT2D eigenvalue weighted by Crippen LogP contribution is 2.47. The molecule has 6 rings (SSSR count). The van der Waals surface area contributed by atoms with Crippen molar-refractivity contribution in [2.75, 3.05) is 18.4 Å². The molecule has 2 aromatic carbocycles. The molecule has 1 spiro atoms. The zero-order valence-electron chi connectivity index (χ0n) is 23.3. The number of rotatable bonds is 2. The largest absolute Gasteiger partial charge is 0.348 e. The molecule has 42 heavy (non-hydrogen) atoms. The number of nitrogens with zero attached hydrogens (tertiary/aromatic N) is 3. The molecular weight excluding hydrogens is 547 g/mol. The van der Waals surface area contributed by atoms with Gasteiger partial charge in [0.25, 0.3) is 5.91 Å². The average molecular weight is 578 g/mol. The maximum absolute atomic E-state index is 14.5. The highest BCUT2D eigenvalue weighted by molar-refractivity contribution is 6.08. The number of aromatic nitrogens is 1. The van der Waals surface area contributed by atoms with Gasteiger partial charge in [0, 0.05) is 36.7 Å². The minimum Gasteiger partial charge on any atom is -0.348 e. The van der Waals surface area contributed by atoms with E-state index in [9.17, 15) is 32.8 Å². The summed E-state index contributed by atoms with van der Waals surface area (Å²) in [6, 6.07) is 7.67. The lowest BCUT2D eigenvalue weighted by molar-refractivity contribution is -0.138. The number of hydrogen-bond acceptors (Lipinski definition) is 4. The van der Waals surface area contributed by atoms with E-state index >= 15 is 0 Å². The maximum Gasteiger partial charge on any atom is 0.270 e. The van der Waals surface area contributed by atoms with E-state index in [0.717, 1.165) is 36.5 Å². The van der Waals surface area contributed by atoms with Crippen LogP contribution in [-0.2, 0) is 21.4 Å². The number of benzene rings is 2. The highest BCUT2D eigenvalue weighted by Gasteiger charge is 2.57. The van der Waals surface area contributed by atoms with Crippen LogP contribution in [0.15, 0.2) is 30.3 Å². The molecule has 3 aliphatic heterocycles. The van der Waals surface area contributed by atoms with Gasteiger partial charge in [0.05, 0.1) is 17.0 Å². The molecule has 4 bridgehead atoms. The fraction of sp³-hybridized carbons (Fsp3) is 0.419. The fourth-order valence-corrected chi connectivity index (χ4v) is 6.79. The predicted molar refractivity (Wildman–Crippen MR) is 148 cm³/mol. The van der Waals surface area contributed by atoms with Gasteiger partial charge >= 0.3 is 0 Å². The first kappa shape index (κ1) is 27.8. The Kier molecular flexibility index (Phi) is 6.75. The number of carbonyl (C=O) groups excluding carboxylic acids is 3. The summed E-state index contributed by atoms with van der Waals surface area (Å²) in [4.78, 5) is 47.0. The number of aryl methyl sites for hydroxylation is 1. The summed E-state index contributed by atoms with van der Waals surface area (Å²) in [5.41, 5.74) is 0.758. The summed E-state index contributed by atoms with van der Waals surface area (Å²) in [7, 11) is 0. The monoisotopic (exact) mass is 577 g/mol. The number of hydrogen-bond donors (Lipinski definition) is 2. The van der Waals surface area contributed by atoms with Crippen molar-refractivity contribution in [1.29, 1.82) is 5.26 Å². The molecule has 8 nitrogen and oxygen atoms in total. The van der Waals surface area contributed by atoms with Crippen molar-refractivity contribution >= 4 is 34.3 Å². The van der Waals surface area contributed by atoms with Gasteiger partial charge in [-0.25, -0.2) is 13.2 Å². The second-order valence-electron chi connectivity index (χ2n) is 11.9. The molecule has 0 unspecified atom stereocenters. The number of amides is 3. The van der Waals surface area contributed by atoms with E-state index in [2.05, 4.69) is 16.4 Å². The zero-order valence-corrected chi connectivity index (χ0v) is 23.3. The molecule has 0 aliphatic carbocycles. The molecule has 2 N–H and O–H groups in total. The van der Waals surface area contributed by atoms with Gasteiger partial charge in [-0.3, -0.25) is 14.4 Å². The van der Waals surface area contributed by atoms with Crippen LogP contribution in [0.25, 0.3) is 10.9 Å². The van der Waals surface area contributed by atoms with E-state index in [1.807, 2.05) is 18.2 Å². The minimum absolute atomic E-state index is 0.0142. The van der Waals surface area contributed by atoms with Crippen LogP contribution in [0, 0.1) is 34.7 Å². The van der Waals surface area contributed by atoms with E-state index in [1.54, 1.807) is 13.8 Å². The molecular formula is C31H30F3N5O3. The maximum atomic E-state index is 14.5. The van der Waals surface area contributed by atoms with Crippen molar-refractivity contribution < 1.29 is 27.6 Å². The molecule has 4 heterocycles. The van der Waals surface area contributed by atoms with Crippen LogP contribution in [0.2, 0.25) is 0 Å². The number of carbonyl (C=O) groups is 3. The first-order valence-electron chi connectivity index (χ1n) is 14.2. The molecule has 3 atom stereocenters. The lowest BCUT2D eigenvalue weighted by Gasteiger charge is -2.37. The Morgan fingerprint density at radius 3 is 2.62 bits per heavy atom. The van der Waals surface area contributed by atoms with Crippen LogP contribution in [0.1, 0.15) is 61.1 Å². The lowest BCUT2D eigenvalue weighted by atomic mass is 9.79. The van der Waals surface area contributed by atoms with Gasteiger partial charge in [-0.15, -0.1) is 0 Å². The number of nitrogens with one attached hydrogen (secondary N) is 2. The molecule has 1 saturated heterocycles. The van der Waals surface area contributed by atoms with Gasteiger partial charge < -0.3 is 20.1 Å². The van der Waals surface area contributed by atoms with Gasteiger partial charge in [0.2, 0.25) is 11.8 Å². The molecule has 0 saturated carbocycles. The number of fused-ring (bicyclic) bond motifs is 3. The second-order valence-corrected chi connectivity index (χ2v) is 11.9. The van der Waals surface area contributed by atoms with Crippen LogP contribution in [-0.4, -0.2) is 57.7 Å². The molecule has 3 aliphatic rings. The van der Waals surface area contributed by atoms with E-state index in [1.165, 1.54) is 9.80 Å². The molecule has 3 aromatic rings. The Hall–Kier alpha value is -4.33. The molecule has 218 valence electrons. The van der Waals surface area contributed by atoms with Gasteiger partial charge in [-0.05, 0) is 48.4 Å². The van der Waals surface area contributed by atoms with E-state index in [4.69, 9.17) is 0 Å². The first-order valence-corrected chi connectivity index (χ1v) is 14.2. The quantitative estimate of drug-likeness (QED) is 0.427. The van der Waals surface area contributed by atoms with Gasteiger partial charge in [-0.2, -0.15) is 5.26 Å². The third-order valence-corrected chi connectivity index (χ3v) is 8.91. The number of nitriles is 1. The van der Waals surface area contributed by atoms with Crippen molar-refractivity contribution in [3.63, 3.8) is 0 Å². The van der Waals surface area contributed by atoms with Crippen LogP contribution < -0.4 is 5.32 Å². The SMILES string of the molecule is CC(C)[C@H]1C(=O)N2C[C@]3(C[C@H]2C#N)C(=O)Nc2ccc(cc23)CCCCCN1C(=O)c1cc2c(F)cc(F)c(F)c2[nH]1. The smallest absolute Gasteiger partial charge is 0.270 e. The molecule has 3 amide bonds. The van der Waals surface area contributed by atoms with Crippen LogP contribution >= 0.6 is 0 Å². The number of H-pyrrole nitrogens is 1. The lowest BCUT2D eigenvalue weighted by Crippen LogP contribution is -2.55. The normalized spacial score (nSPS) is 24.2. The number of anilines is 1. The highest BCUT2D eigenvalue weighted by atomic mass is 19.2. The third kappa shape index (κ3) is 4.23. The predicted octanol–water partition coefficient (Wildman–Crippen LogP) is 4.79. The van der Waals surface area contributed by atoms with Gasteiger partial charge in [-0.1, -0.05) is 32.4 Å². The van der Waals surface area contributed by atoms with Crippen LogP contribution in [0.4, 0.5) is 18.9 Å². The van der Waals surface area contributed by atoms with E-state index in [0.29, 0.717) is 18.2 Å². The zero-order chi connectivity index (χ0) is 29.9. The van der Waals surface area contributed by atoms with E-state index < -0.39 is 58.2 Å². The minimum atomic E-state index is -1.39. The van der Waals surface area contributed by atoms with Crippen molar-refractivity contribution in [3.05, 3.63) is 64.6 Å². The number of halogens is 3. The van der Waals surface area contributed by atoms with Gasteiger partial charge in [0.15, 0.2) is 11.6 Å². The fourth-order valence-electron chi connectivity index (χ4n) is 6.79. The van der Waals surface area contributed by atoms with Crippen molar-refractivity contribution in [2.24, 2.45) is 5.92 Å². The Morgan fingerprint density at radius 1 is 1.10 bits per heavy atom.